The summed E-state index contributed by atoms with van der Waals surface area (Å²) in [6.45, 7) is 12.1. The van der Waals surface area contributed by atoms with Crippen LogP contribution in [0.2, 0.25) is 0 Å². The first-order valence-corrected chi connectivity index (χ1v) is 6.17. The molecule has 2 rings (SSSR count). The minimum Gasteiger partial charge on any atom is -0.0984 e. The van der Waals surface area contributed by atoms with Crippen LogP contribution in [0.25, 0.3) is 29.0 Å². The van der Waals surface area contributed by atoms with Crippen LogP contribution >= 0.6 is 0 Å². The van der Waals surface area contributed by atoms with Crippen LogP contribution in [-0.2, 0) is 0 Å². The Kier molecular flexibility index (Phi) is 3.47. The number of benzene rings is 2. The molecule has 0 nitrogen and oxygen atoms in total. The van der Waals surface area contributed by atoms with E-state index in [4.69, 9.17) is 0 Å². The largest absolute Gasteiger partial charge is 0.0984 e. The molecule has 0 spiro atoms. The van der Waals surface area contributed by atoms with Crippen LogP contribution in [0, 0.1) is 6.92 Å². The SMILES string of the molecule is C=Cc1c(C)c(/C=C\C)c(C=C)c2ccccc12. The van der Waals surface area contributed by atoms with Crippen LogP contribution in [0.1, 0.15) is 29.2 Å². The molecule has 0 saturated heterocycles. The minimum absolute atomic E-state index is 1.20. The molecule has 2 aromatic carbocycles. The Bertz CT molecular complexity index is 643. The molecule has 0 saturated carbocycles. The second-order valence-corrected chi connectivity index (χ2v) is 4.32. The summed E-state index contributed by atoms with van der Waals surface area (Å²) < 4.78 is 0. The average Bonchev–Trinajstić information content (AvgIpc) is 2.40. The van der Waals surface area contributed by atoms with Gasteiger partial charge in [0.1, 0.15) is 0 Å². The van der Waals surface area contributed by atoms with E-state index in [2.05, 4.69) is 56.5 Å². The van der Waals surface area contributed by atoms with Crippen molar-refractivity contribution in [3.8, 4) is 0 Å². The van der Waals surface area contributed by atoms with Gasteiger partial charge in [0.2, 0.25) is 0 Å². The first-order chi connectivity index (χ1) is 8.74. The standard InChI is InChI=1S/C18H18/c1-5-10-16-13(4)14(6-2)17-11-8-9-12-18(17)15(16)7-3/h5-12H,2-3H2,1,4H3/b10-5-. The highest BCUT2D eigenvalue weighted by Gasteiger charge is 2.10. The van der Waals surface area contributed by atoms with Crippen LogP contribution < -0.4 is 0 Å². The number of rotatable bonds is 3. The van der Waals surface area contributed by atoms with Gasteiger partial charge in [-0.3, -0.25) is 0 Å². The highest BCUT2D eigenvalue weighted by molar-refractivity contribution is 6.00. The van der Waals surface area contributed by atoms with E-state index in [-0.39, 0.29) is 0 Å². The maximum Gasteiger partial charge on any atom is -0.00994 e. The summed E-state index contributed by atoms with van der Waals surface area (Å²) in [6, 6.07) is 8.42. The predicted octanol–water partition coefficient (Wildman–Crippen LogP) is 5.47. The zero-order chi connectivity index (χ0) is 13.1. The summed E-state index contributed by atoms with van der Waals surface area (Å²) in [5.74, 6) is 0. The number of allylic oxidation sites excluding steroid dienone is 1. The van der Waals surface area contributed by atoms with Crippen molar-refractivity contribution in [2.24, 2.45) is 0 Å². The summed E-state index contributed by atoms with van der Waals surface area (Å²) in [5.41, 5.74) is 4.91. The van der Waals surface area contributed by atoms with Gasteiger partial charge in [-0.15, -0.1) is 0 Å². The molecule has 0 N–H and O–H groups in total. The second-order valence-electron chi connectivity index (χ2n) is 4.32. The van der Waals surface area contributed by atoms with Crippen molar-refractivity contribution in [2.75, 3.05) is 0 Å². The zero-order valence-corrected chi connectivity index (χ0v) is 11.0. The summed E-state index contributed by atoms with van der Waals surface area (Å²) in [5, 5.41) is 2.48. The second kappa shape index (κ2) is 5.05. The van der Waals surface area contributed by atoms with Crippen molar-refractivity contribution in [1.29, 1.82) is 0 Å². The van der Waals surface area contributed by atoms with Gasteiger partial charge >= 0.3 is 0 Å². The molecule has 0 aliphatic carbocycles. The van der Waals surface area contributed by atoms with E-state index in [1.54, 1.807) is 0 Å². The van der Waals surface area contributed by atoms with Gasteiger partial charge < -0.3 is 0 Å². The van der Waals surface area contributed by atoms with Crippen LogP contribution in [-0.4, -0.2) is 0 Å². The van der Waals surface area contributed by atoms with E-state index >= 15 is 0 Å². The van der Waals surface area contributed by atoms with Gasteiger partial charge in [0.25, 0.3) is 0 Å². The van der Waals surface area contributed by atoms with Crippen molar-refractivity contribution in [3.05, 3.63) is 65.8 Å². The Labute approximate surface area is 109 Å². The number of hydrogen-bond acceptors (Lipinski definition) is 0. The van der Waals surface area contributed by atoms with Gasteiger partial charge in [-0.1, -0.05) is 61.7 Å². The molecule has 0 atom stereocenters. The van der Waals surface area contributed by atoms with Crippen LogP contribution in [0.15, 0.2) is 43.5 Å². The Hall–Kier alpha value is -2.08. The van der Waals surface area contributed by atoms with Crippen molar-refractivity contribution >= 4 is 29.0 Å². The van der Waals surface area contributed by atoms with Gasteiger partial charge in [0.05, 0.1) is 0 Å². The predicted molar refractivity (Wildman–Crippen MR) is 83.6 cm³/mol. The molecule has 0 heterocycles. The fraction of sp³-hybridized carbons (Fsp3) is 0.111. The van der Waals surface area contributed by atoms with Crippen LogP contribution in [0.4, 0.5) is 0 Å². The number of hydrogen-bond donors (Lipinski definition) is 0. The van der Waals surface area contributed by atoms with Gasteiger partial charge in [-0.2, -0.15) is 0 Å². The van der Waals surface area contributed by atoms with Gasteiger partial charge in [0.15, 0.2) is 0 Å². The molecule has 0 aliphatic heterocycles. The molecular weight excluding hydrogens is 216 g/mol. The van der Waals surface area contributed by atoms with Crippen LogP contribution in [0.5, 0.6) is 0 Å². The maximum atomic E-state index is 3.96. The average molecular weight is 234 g/mol. The lowest BCUT2D eigenvalue weighted by Gasteiger charge is -2.15. The third-order valence-corrected chi connectivity index (χ3v) is 3.35. The molecule has 90 valence electrons. The lowest BCUT2D eigenvalue weighted by molar-refractivity contribution is 1.44. The van der Waals surface area contributed by atoms with Crippen molar-refractivity contribution in [3.63, 3.8) is 0 Å². The molecule has 0 aromatic heterocycles. The van der Waals surface area contributed by atoms with E-state index < -0.39 is 0 Å². The Balaban J connectivity index is 3.04. The van der Waals surface area contributed by atoms with Gasteiger partial charge in [0, 0.05) is 0 Å². The van der Waals surface area contributed by atoms with Crippen molar-refractivity contribution in [2.45, 2.75) is 13.8 Å². The Morgan fingerprint density at radius 1 is 0.889 bits per heavy atom. The van der Waals surface area contributed by atoms with Gasteiger partial charge in [-0.05, 0) is 46.9 Å². The molecule has 2 aromatic rings. The summed E-state index contributed by atoms with van der Waals surface area (Å²) in [4.78, 5) is 0. The smallest absolute Gasteiger partial charge is 0.00994 e. The quantitative estimate of drug-likeness (QED) is 0.660. The minimum atomic E-state index is 1.20. The highest BCUT2D eigenvalue weighted by Crippen LogP contribution is 2.32. The topological polar surface area (TPSA) is 0 Å². The fourth-order valence-corrected chi connectivity index (χ4v) is 2.51. The Morgan fingerprint density at radius 3 is 1.94 bits per heavy atom. The normalized spacial score (nSPS) is 11.0. The molecule has 0 radical (unpaired) electrons. The Morgan fingerprint density at radius 2 is 1.44 bits per heavy atom. The molecule has 0 aliphatic rings. The molecule has 18 heavy (non-hydrogen) atoms. The van der Waals surface area contributed by atoms with E-state index in [9.17, 15) is 0 Å². The molecule has 0 unspecified atom stereocenters. The summed E-state index contributed by atoms with van der Waals surface area (Å²) >= 11 is 0. The van der Waals surface area contributed by atoms with E-state index in [1.807, 2.05) is 19.1 Å². The highest BCUT2D eigenvalue weighted by atomic mass is 14.1. The molecular formula is C18H18. The van der Waals surface area contributed by atoms with E-state index in [0.717, 1.165) is 0 Å². The van der Waals surface area contributed by atoms with Crippen molar-refractivity contribution < 1.29 is 0 Å². The van der Waals surface area contributed by atoms with Crippen molar-refractivity contribution in [1.82, 2.24) is 0 Å². The third-order valence-electron chi connectivity index (χ3n) is 3.35. The van der Waals surface area contributed by atoms with Gasteiger partial charge in [-0.25, -0.2) is 0 Å². The number of fused-ring (bicyclic) bond motifs is 1. The van der Waals surface area contributed by atoms with E-state index in [0.29, 0.717) is 0 Å². The molecule has 0 bridgehead atoms. The first kappa shape index (κ1) is 12.4. The zero-order valence-electron chi connectivity index (χ0n) is 11.0. The monoisotopic (exact) mass is 234 g/mol. The van der Waals surface area contributed by atoms with E-state index in [1.165, 1.54) is 33.0 Å². The summed E-state index contributed by atoms with van der Waals surface area (Å²) in [6.07, 6.45) is 8.10. The molecule has 0 heteroatoms. The third kappa shape index (κ3) is 1.80. The lowest BCUT2D eigenvalue weighted by Crippen LogP contribution is -1.94. The van der Waals surface area contributed by atoms with Crippen LogP contribution in [0.3, 0.4) is 0 Å². The fourth-order valence-electron chi connectivity index (χ4n) is 2.51. The molecule has 0 amide bonds. The maximum absolute atomic E-state index is 3.96. The lowest BCUT2D eigenvalue weighted by atomic mass is 9.89. The summed E-state index contributed by atoms with van der Waals surface area (Å²) in [7, 11) is 0. The molecule has 0 fully saturated rings. The first-order valence-electron chi connectivity index (χ1n) is 6.17.